The van der Waals surface area contributed by atoms with Crippen molar-refractivity contribution < 1.29 is 4.79 Å². The Bertz CT molecular complexity index is 555. The van der Waals surface area contributed by atoms with Gasteiger partial charge in [0.25, 0.3) is 0 Å². The molecule has 0 unspecified atom stereocenters. The molecule has 1 atom stereocenters. The Balaban J connectivity index is 1.89. The number of aromatic nitrogens is 4. The van der Waals surface area contributed by atoms with Gasteiger partial charge < -0.3 is 5.32 Å². The lowest BCUT2D eigenvalue weighted by Gasteiger charge is -2.10. The van der Waals surface area contributed by atoms with Gasteiger partial charge in [-0.2, -0.15) is 0 Å². The minimum atomic E-state index is -0.206. The summed E-state index contributed by atoms with van der Waals surface area (Å²) in [6.07, 6.45) is 1.83. The number of amides is 1. The molecule has 0 aliphatic rings. The van der Waals surface area contributed by atoms with Crippen molar-refractivity contribution in [2.75, 3.05) is 6.54 Å². The molecular formula is C13H19N5OS2. The molecule has 2 aromatic heterocycles. The zero-order chi connectivity index (χ0) is 15.1. The SMILES string of the molecule is CCCNC(=O)[C@H](C)Sc1nnnn1CCc1cccs1. The molecule has 0 saturated heterocycles. The second-order valence-corrected chi connectivity index (χ2v) is 6.91. The first kappa shape index (κ1) is 16.0. The molecule has 0 aliphatic carbocycles. The van der Waals surface area contributed by atoms with E-state index in [2.05, 4.69) is 32.3 Å². The highest BCUT2D eigenvalue weighted by Crippen LogP contribution is 2.20. The van der Waals surface area contributed by atoms with Crippen molar-refractivity contribution in [3.05, 3.63) is 22.4 Å². The van der Waals surface area contributed by atoms with Crippen LogP contribution in [-0.4, -0.2) is 37.9 Å². The zero-order valence-electron chi connectivity index (χ0n) is 12.2. The van der Waals surface area contributed by atoms with Crippen molar-refractivity contribution in [2.45, 2.75) is 43.6 Å². The number of thiophene rings is 1. The number of hydrogen-bond acceptors (Lipinski definition) is 6. The topological polar surface area (TPSA) is 72.7 Å². The third kappa shape index (κ3) is 4.82. The van der Waals surface area contributed by atoms with Crippen LogP contribution in [0.25, 0.3) is 0 Å². The summed E-state index contributed by atoms with van der Waals surface area (Å²) in [5.74, 6) is 0.0228. The summed E-state index contributed by atoms with van der Waals surface area (Å²) in [6.45, 7) is 5.32. The van der Waals surface area contributed by atoms with Gasteiger partial charge in [-0.3, -0.25) is 4.79 Å². The number of aryl methyl sites for hydroxylation is 2. The van der Waals surface area contributed by atoms with Gasteiger partial charge in [-0.25, -0.2) is 4.68 Å². The highest BCUT2D eigenvalue weighted by Gasteiger charge is 2.18. The maximum atomic E-state index is 11.9. The number of nitrogens with zero attached hydrogens (tertiary/aromatic N) is 4. The highest BCUT2D eigenvalue weighted by atomic mass is 32.2. The lowest BCUT2D eigenvalue weighted by Crippen LogP contribution is -2.31. The van der Waals surface area contributed by atoms with E-state index in [1.807, 2.05) is 19.9 Å². The van der Waals surface area contributed by atoms with Crippen LogP contribution in [0.5, 0.6) is 0 Å². The summed E-state index contributed by atoms with van der Waals surface area (Å²) in [4.78, 5) is 13.2. The third-order valence-electron chi connectivity index (χ3n) is 2.85. The summed E-state index contributed by atoms with van der Waals surface area (Å²) < 4.78 is 1.76. The molecular weight excluding hydrogens is 306 g/mol. The molecule has 2 rings (SSSR count). The number of hydrogen-bond donors (Lipinski definition) is 1. The van der Waals surface area contributed by atoms with Crippen LogP contribution < -0.4 is 5.32 Å². The summed E-state index contributed by atoms with van der Waals surface area (Å²) in [6, 6.07) is 4.14. The van der Waals surface area contributed by atoms with E-state index in [-0.39, 0.29) is 11.2 Å². The van der Waals surface area contributed by atoms with E-state index in [0.29, 0.717) is 11.7 Å². The standard InChI is InChI=1S/C13H19N5OS2/c1-3-7-14-12(19)10(2)21-13-15-16-17-18(13)8-6-11-5-4-9-20-11/h4-5,9-10H,3,6-8H2,1-2H3,(H,14,19)/t10-/m0/s1. The first-order valence-electron chi connectivity index (χ1n) is 6.93. The van der Waals surface area contributed by atoms with Crippen molar-refractivity contribution in [2.24, 2.45) is 0 Å². The maximum Gasteiger partial charge on any atom is 0.233 e. The monoisotopic (exact) mass is 325 g/mol. The molecule has 0 bridgehead atoms. The summed E-state index contributed by atoms with van der Waals surface area (Å²) in [5.41, 5.74) is 0. The van der Waals surface area contributed by atoms with Crippen molar-refractivity contribution in [3.63, 3.8) is 0 Å². The molecule has 0 aliphatic heterocycles. The average Bonchev–Trinajstić information content (AvgIpc) is 3.13. The van der Waals surface area contributed by atoms with Crippen LogP contribution in [0.1, 0.15) is 25.1 Å². The summed E-state index contributed by atoms with van der Waals surface area (Å²) in [5, 5.41) is 17.1. The Morgan fingerprint density at radius 1 is 1.57 bits per heavy atom. The van der Waals surface area contributed by atoms with Crippen LogP contribution in [-0.2, 0) is 17.8 Å². The Morgan fingerprint density at radius 3 is 3.14 bits per heavy atom. The van der Waals surface area contributed by atoms with Crippen LogP contribution in [0.2, 0.25) is 0 Å². The summed E-state index contributed by atoms with van der Waals surface area (Å²) >= 11 is 3.12. The van der Waals surface area contributed by atoms with Crippen molar-refractivity contribution in [1.82, 2.24) is 25.5 Å². The number of thioether (sulfide) groups is 1. The Hall–Kier alpha value is -1.41. The van der Waals surface area contributed by atoms with E-state index >= 15 is 0 Å². The van der Waals surface area contributed by atoms with Crippen LogP contribution in [0.3, 0.4) is 0 Å². The Morgan fingerprint density at radius 2 is 2.43 bits per heavy atom. The molecule has 2 aromatic rings. The molecule has 0 radical (unpaired) electrons. The van der Waals surface area contributed by atoms with E-state index in [1.165, 1.54) is 16.6 Å². The van der Waals surface area contributed by atoms with Crippen LogP contribution in [0.4, 0.5) is 0 Å². The second kappa shape index (κ2) is 8.14. The van der Waals surface area contributed by atoms with Crippen molar-refractivity contribution in [1.29, 1.82) is 0 Å². The largest absolute Gasteiger partial charge is 0.355 e. The predicted octanol–water partition coefficient (Wildman–Crippen LogP) is 1.98. The van der Waals surface area contributed by atoms with Gasteiger partial charge in [0.05, 0.1) is 11.8 Å². The zero-order valence-corrected chi connectivity index (χ0v) is 13.8. The number of carbonyl (C=O) groups excluding carboxylic acids is 1. The van der Waals surface area contributed by atoms with Crippen molar-refractivity contribution in [3.8, 4) is 0 Å². The van der Waals surface area contributed by atoms with Crippen molar-refractivity contribution >= 4 is 29.0 Å². The first-order valence-corrected chi connectivity index (χ1v) is 8.69. The van der Waals surface area contributed by atoms with Gasteiger partial charge in [-0.1, -0.05) is 24.8 Å². The molecule has 6 nitrogen and oxygen atoms in total. The fourth-order valence-corrected chi connectivity index (χ4v) is 3.23. The fourth-order valence-electron chi connectivity index (χ4n) is 1.70. The van der Waals surface area contributed by atoms with E-state index < -0.39 is 0 Å². The predicted molar refractivity (Wildman–Crippen MR) is 84.5 cm³/mol. The minimum absolute atomic E-state index is 0.0228. The molecule has 1 N–H and O–H groups in total. The van der Waals surface area contributed by atoms with Gasteiger partial charge in [0.1, 0.15) is 0 Å². The lowest BCUT2D eigenvalue weighted by atomic mass is 10.3. The fraction of sp³-hybridized carbons (Fsp3) is 0.538. The highest BCUT2D eigenvalue weighted by molar-refractivity contribution is 8.00. The molecule has 21 heavy (non-hydrogen) atoms. The van der Waals surface area contributed by atoms with E-state index in [4.69, 9.17) is 0 Å². The first-order chi connectivity index (χ1) is 10.2. The van der Waals surface area contributed by atoms with Gasteiger partial charge in [0.15, 0.2) is 0 Å². The Kier molecular flexibility index (Phi) is 6.19. The number of tetrazole rings is 1. The summed E-state index contributed by atoms with van der Waals surface area (Å²) in [7, 11) is 0. The lowest BCUT2D eigenvalue weighted by molar-refractivity contribution is -0.120. The third-order valence-corrected chi connectivity index (χ3v) is 4.86. The molecule has 0 saturated carbocycles. The maximum absolute atomic E-state index is 11.9. The van der Waals surface area contributed by atoms with Crippen LogP contribution in [0.15, 0.2) is 22.7 Å². The Labute approximate surface area is 132 Å². The number of carbonyl (C=O) groups is 1. The second-order valence-electron chi connectivity index (χ2n) is 4.57. The van der Waals surface area contributed by atoms with Gasteiger partial charge >= 0.3 is 0 Å². The van der Waals surface area contributed by atoms with E-state index in [0.717, 1.165) is 19.4 Å². The average molecular weight is 325 g/mol. The molecule has 0 spiro atoms. The molecule has 2 heterocycles. The van der Waals surface area contributed by atoms with E-state index in [1.54, 1.807) is 16.0 Å². The van der Waals surface area contributed by atoms with Crippen LogP contribution in [0, 0.1) is 0 Å². The normalized spacial score (nSPS) is 12.3. The molecule has 1 amide bonds. The van der Waals surface area contributed by atoms with Gasteiger partial charge in [0, 0.05) is 17.8 Å². The molecule has 114 valence electrons. The van der Waals surface area contributed by atoms with Gasteiger partial charge in [-0.05, 0) is 35.2 Å². The molecule has 8 heteroatoms. The quantitative estimate of drug-likeness (QED) is 0.751. The van der Waals surface area contributed by atoms with Gasteiger partial charge in [0.2, 0.25) is 11.1 Å². The number of rotatable bonds is 8. The van der Waals surface area contributed by atoms with Crippen LogP contribution >= 0.6 is 23.1 Å². The van der Waals surface area contributed by atoms with E-state index in [9.17, 15) is 4.79 Å². The minimum Gasteiger partial charge on any atom is -0.355 e. The van der Waals surface area contributed by atoms with Gasteiger partial charge in [-0.15, -0.1) is 16.4 Å². The smallest absolute Gasteiger partial charge is 0.233 e. The molecule has 0 fully saturated rings. The molecule has 0 aromatic carbocycles. The number of nitrogens with one attached hydrogen (secondary N) is 1.